The second kappa shape index (κ2) is 4.94. The predicted octanol–water partition coefficient (Wildman–Crippen LogP) is 1.06. The summed E-state index contributed by atoms with van der Waals surface area (Å²) in [5.41, 5.74) is 1.00. The zero-order valence-electron chi connectivity index (χ0n) is 8.27. The number of benzene rings is 1. The highest BCUT2D eigenvalue weighted by atomic mass is 35.5. The van der Waals surface area contributed by atoms with Gasteiger partial charge >= 0.3 is 0 Å². The van der Waals surface area contributed by atoms with Crippen molar-refractivity contribution in [2.24, 2.45) is 5.14 Å². The molecule has 1 unspecified atom stereocenters. The van der Waals surface area contributed by atoms with Gasteiger partial charge in [-0.3, -0.25) is 0 Å². The quantitative estimate of drug-likeness (QED) is 0.837. The monoisotopic (exact) mass is 248 g/mol. The first-order valence-corrected chi connectivity index (χ1v) is 6.34. The van der Waals surface area contributed by atoms with E-state index in [1.165, 1.54) is 0 Å². The van der Waals surface area contributed by atoms with Gasteiger partial charge in [-0.25, -0.2) is 5.14 Å². The van der Waals surface area contributed by atoms with Gasteiger partial charge in [0.15, 0.2) is 0 Å². The number of hydrogen-bond acceptors (Lipinski definition) is 2. The van der Waals surface area contributed by atoms with Crippen LogP contribution < -0.4 is 9.86 Å². The molecule has 0 saturated heterocycles. The van der Waals surface area contributed by atoms with Gasteiger partial charge in [-0.15, -0.1) is 0 Å². The first-order chi connectivity index (χ1) is 6.87. The Morgan fingerprint density at radius 3 is 2.40 bits per heavy atom. The average Bonchev–Trinajstić information content (AvgIpc) is 2.05. The maximum atomic E-state index is 10.7. The molecule has 0 radical (unpaired) electrons. The van der Waals surface area contributed by atoms with E-state index in [1.807, 2.05) is 12.1 Å². The fraction of sp³-hybridized carbons (Fsp3) is 0.333. The molecule has 1 rings (SSSR count). The van der Waals surface area contributed by atoms with E-state index in [1.54, 1.807) is 19.1 Å². The van der Waals surface area contributed by atoms with Crippen LogP contribution >= 0.6 is 11.6 Å². The molecule has 0 amide bonds. The van der Waals surface area contributed by atoms with E-state index in [0.29, 0.717) is 11.4 Å². The summed E-state index contributed by atoms with van der Waals surface area (Å²) in [6.45, 7) is 1.75. The lowest BCUT2D eigenvalue weighted by molar-refractivity contribution is 0.561. The molecule has 0 aliphatic carbocycles. The van der Waals surface area contributed by atoms with E-state index in [0.717, 1.165) is 5.56 Å². The molecule has 3 N–H and O–H groups in total. The highest BCUT2D eigenvalue weighted by Crippen LogP contribution is 2.10. The van der Waals surface area contributed by atoms with Gasteiger partial charge < -0.3 is 0 Å². The highest BCUT2D eigenvalue weighted by Gasteiger charge is 2.09. The van der Waals surface area contributed by atoms with Crippen LogP contribution in [0.2, 0.25) is 5.02 Å². The van der Waals surface area contributed by atoms with Crippen LogP contribution in [-0.4, -0.2) is 14.5 Å². The largest absolute Gasteiger partial charge is 0.274 e. The Labute approximate surface area is 94.6 Å². The molecular weight excluding hydrogens is 236 g/mol. The van der Waals surface area contributed by atoms with E-state index in [9.17, 15) is 8.42 Å². The van der Waals surface area contributed by atoms with Crippen molar-refractivity contribution in [3.63, 3.8) is 0 Å². The van der Waals surface area contributed by atoms with Crippen LogP contribution in [0.1, 0.15) is 12.5 Å². The van der Waals surface area contributed by atoms with Crippen molar-refractivity contribution in [1.82, 2.24) is 4.72 Å². The molecule has 4 nitrogen and oxygen atoms in total. The van der Waals surface area contributed by atoms with Crippen LogP contribution in [0.15, 0.2) is 24.3 Å². The summed E-state index contributed by atoms with van der Waals surface area (Å²) in [4.78, 5) is 0. The first-order valence-electron chi connectivity index (χ1n) is 4.41. The summed E-state index contributed by atoms with van der Waals surface area (Å²) in [7, 11) is -3.63. The molecule has 1 atom stereocenters. The van der Waals surface area contributed by atoms with Gasteiger partial charge in [0, 0.05) is 11.1 Å². The van der Waals surface area contributed by atoms with Gasteiger partial charge in [0.2, 0.25) is 0 Å². The van der Waals surface area contributed by atoms with E-state index in [4.69, 9.17) is 16.7 Å². The number of hydrogen-bond donors (Lipinski definition) is 2. The summed E-state index contributed by atoms with van der Waals surface area (Å²) in [6.07, 6.45) is 0.577. The minimum absolute atomic E-state index is 0.235. The maximum absolute atomic E-state index is 10.7. The second-order valence-corrected chi connectivity index (χ2v) is 5.16. The van der Waals surface area contributed by atoms with Crippen molar-refractivity contribution in [3.8, 4) is 0 Å². The summed E-state index contributed by atoms with van der Waals surface area (Å²) in [6, 6.07) is 7.00. The number of nitrogens with one attached hydrogen (secondary N) is 1. The smallest absolute Gasteiger partial charge is 0.216 e. The molecular formula is C9H13ClN2O2S. The van der Waals surface area contributed by atoms with Crippen LogP contribution in [-0.2, 0) is 16.6 Å². The van der Waals surface area contributed by atoms with Crippen LogP contribution in [0.3, 0.4) is 0 Å². The topological polar surface area (TPSA) is 72.2 Å². The summed E-state index contributed by atoms with van der Waals surface area (Å²) in [5, 5.41) is 5.51. The van der Waals surface area contributed by atoms with Gasteiger partial charge in [-0.2, -0.15) is 13.1 Å². The minimum Gasteiger partial charge on any atom is -0.216 e. The molecule has 0 fully saturated rings. The maximum Gasteiger partial charge on any atom is 0.274 e. The molecule has 15 heavy (non-hydrogen) atoms. The minimum atomic E-state index is -3.63. The SMILES string of the molecule is CC(Cc1ccc(Cl)cc1)NS(N)(=O)=O. The highest BCUT2D eigenvalue weighted by molar-refractivity contribution is 7.87. The predicted molar refractivity (Wildman–Crippen MR) is 60.9 cm³/mol. The zero-order valence-corrected chi connectivity index (χ0v) is 9.85. The van der Waals surface area contributed by atoms with Crippen LogP contribution in [0, 0.1) is 0 Å². The molecule has 0 bridgehead atoms. The van der Waals surface area contributed by atoms with Gasteiger partial charge in [-0.05, 0) is 31.0 Å². The van der Waals surface area contributed by atoms with Crippen LogP contribution in [0.4, 0.5) is 0 Å². The fourth-order valence-corrected chi connectivity index (χ4v) is 2.07. The third-order valence-electron chi connectivity index (χ3n) is 1.82. The normalized spacial score (nSPS) is 13.8. The standard InChI is InChI=1S/C9H13ClN2O2S/c1-7(12-15(11,13)14)6-8-2-4-9(10)5-3-8/h2-5,7,12H,6H2,1H3,(H2,11,13,14). The average molecular weight is 249 g/mol. The molecule has 84 valence electrons. The van der Waals surface area contributed by atoms with Crippen LogP contribution in [0.5, 0.6) is 0 Å². The molecule has 0 saturated carbocycles. The molecule has 1 aromatic rings. The van der Waals surface area contributed by atoms with Crippen molar-refractivity contribution >= 4 is 21.8 Å². The van der Waals surface area contributed by atoms with Crippen molar-refractivity contribution in [2.45, 2.75) is 19.4 Å². The number of nitrogens with two attached hydrogens (primary N) is 1. The molecule has 0 heterocycles. The Bertz CT molecular complexity index is 416. The molecule has 0 aliphatic heterocycles. The van der Waals surface area contributed by atoms with Crippen molar-refractivity contribution in [2.75, 3.05) is 0 Å². The molecule has 0 spiro atoms. The summed E-state index contributed by atoms with van der Waals surface area (Å²) in [5.74, 6) is 0. The van der Waals surface area contributed by atoms with Gasteiger partial charge in [0.25, 0.3) is 10.2 Å². The lowest BCUT2D eigenvalue weighted by atomic mass is 10.1. The molecule has 0 aliphatic rings. The van der Waals surface area contributed by atoms with Crippen molar-refractivity contribution < 1.29 is 8.42 Å². The summed E-state index contributed by atoms with van der Waals surface area (Å²) < 4.78 is 23.8. The van der Waals surface area contributed by atoms with E-state index in [-0.39, 0.29) is 6.04 Å². The molecule has 1 aromatic carbocycles. The van der Waals surface area contributed by atoms with E-state index in [2.05, 4.69) is 4.72 Å². The third-order valence-corrected chi connectivity index (χ3v) is 2.80. The first kappa shape index (κ1) is 12.4. The molecule has 6 heteroatoms. The lowest BCUT2D eigenvalue weighted by Crippen LogP contribution is -2.38. The zero-order chi connectivity index (χ0) is 11.5. The third kappa shape index (κ3) is 5.13. The van der Waals surface area contributed by atoms with Crippen LogP contribution in [0.25, 0.3) is 0 Å². The lowest BCUT2D eigenvalue weighted by Gasteiger charge is -2.11. The van der Waals surface area contributed by atoms with E-state index < -0.39 is 10.2 Å². The Balaban J connectivity index is 2.59. The fourth-order valence-electron chi connectivity index (χ4n) is 1.30. The second-order valence-electron chi connectivity index (χ2n) is 3.39. The van der Waals surface area contributed by atoms with E-state index >= 15 is 0 Å². The Hall–Kier alpha value is -0.620. The Morgan fingerprint density at radius 2 is 1.93 bits per heavy atom. The van der Waals surface area contributed by atoms with Crippen molar-refractivity contribution in [1.29, 1.82) is 0 Å². The number of halogens is 1. The summed E-state index contributed by atoms with van der Waals surface area (Å²) >= 11 is 5.72. The van der Waals surface area contributed by atoms with Gasteiger partial charge in [0.1, 0.15) is 0 Å². The van der Waals surface area contributed by atoms with Crippen molar-refractivity contribution in [3.05, 3.63) is 34.9 Å². The number of rotatable bonds is 4. The molecule has 0 aromatic heterocycles. The Kier molecular flexibility index (Phi) is 4.10. The van der Waals surface area contributed by atoms with Gasteiger partial charge in [-0.1, -0.05) is 23.7 Å². The Morgan fingerprint density at radius 1 is 1.40 bits per heavy atom. The van der Waals surface area contributed by atoms with Gasteiger partial charge in [0.05, 0.1) is 0 Å².